The Labute approximate surface area is 376 Å². The minimum absolute atomic E-state index is 0.0166. The van der Waals surface area contributed by atoms with E-state index in [1.54, 1.807) is 0 Å². The summed E-state index contributed by atoms with van der Waals surface area (Å²) in [5.74, 6) is -0.634. The van der Waals surface area contributed by atoms with Gasteiger partial charge in [-0.2, -0.15) is 0 Å². The summed E-state index contributed by atoms with van der Waals surface area (Å²) in [6, 6.07) is 0. The van der Waals surface area contributed by atoms with Crippen molar-refractivity contribution in [1.82, 2.24) is 0 Å². The van der Waals surface area contributed by atoms with Crippen LogP contribution in [0.1, 0.15) is 328 Å². The lowest BCUT2D eigenvalue weighted by Gasteiger charge is -2.06. The van der Waals surface area contributed by atoms with Crippen LogP contribution in [0.5, 0.6) is 0 Å². The van der Waals surface area contributed by atoms with Gasteiger partial charge in [-0.1, -0.05) is 282 Å². The average Bonchev–Trinajstić information content (AvgIpc) is 3.24. The predicted octanol–water partition coefficient (Wildman–Crippen LogP) is 19.7. The second-order valence-electron chi connectivity index (χ2n) is 19.1. The van der Waals surface area contributed by atoms with Gasteiger partial charge in [0.2, 0.25) is 0 Å². The first kappa shape index (κ1) is 58.7. The first-order valence-corrected chi connectivity index (χ1v) is 27.7. The topological polar surface area (TPSA) is 63.6 Å². The van der Waals surface area contributed by atoms with Gasteiger partial charge in [0.15, 0.2) is 0 Å². The van der Waals surface area contributed by atoms with Crippen molar-refractivity contribution in [2.75, 3.05) is 6.61 Å². The molecule has 0 unspecified atom stereocenters. The van der Waals surface area contributed by atoms with Crippen LogP contribution < -0.4 is 0 Å². The van der Waals surface area contributed by atoms with Crippen molar-refractivity contribution in [3.8, 4) is 0 Å². The fraction of sp³-hybridized carbons (Fsp3) is 0.929. The van der Waals surface area contributed by atoms with Gasteiger partial charge < -0.3 is 9.84 Å². The highest BCUT2D eigenvalue weighted by Crippen LogP contribution is 2.18. The molecule has 0 spiro atoms. The molecule has 0 saturated heterocycles. The number of aliphatic carboxylic acids is 1. The highest BCUT2D eigenvalue weighted by atomic mass is 16.5. The van der Waals surface area contributed by atoms with E-state index < -0.39 is 5.97 Å². The number of carboxylic acid groups (broad SMARTS) is 1. The summed E-state index contributed by atoms with van der Waals surface area (Å²) in [6.07, 6.45) is 70.4. The van der Waals surface area contributed by atoms with Crippen LogP contribution in [-0.2, 0) is 14.3 Å². The van der Waals surface area contributed by atoms with Crippen LogP contribution in [0.2, 0.25) is 0 Å². The van der Waals surface area contributed by atoms with E-state index >= 15 is 0 Å². The summed E-state index contributed by atoms with van der Waals surface area (Å²) < 4.78 is 5.48. The molecule has 0 radical (unpaired) electrons. The lowest BCUT2D eigenvalue weighted by Crippen LogP contribution is -2.05. The maximum absolute atomic E-state index is 12.0. The van der Waals surface area contributed by atoms with Crippen molar-refractivity contribution < 1.29 is 19.4 Å². The molecule has 0 aliphatic heterocycles. The molecule has 0 aromatic carbocycles. The summed E-state index contributed by atoms with van der Waals surface area (Å²) in [5, 5.41) is 8.67. The third-order valence-electron chi connectivity index (χ3n) is 12.9. The third kappa shape index (κ3) is 54.7. The Morgan fingerprint density at radius 3 is 0.833 bits per heavy atom. The molecule has 0 aromatic rings. The molecular weight excluding hydrogens is 737 g/mol. The second kappa shape index (κ2) is 53.8. The Morgan fingerprint density at radius 2 is 0.550 bits per heavy atom. The smallest absolute Gasteiger partial charge is 0.305 e. The molecule has 1 N–H and O–H groups in total. The highest BCUT2D eigenvalue weighted by Gasteiger charge is 2.03. The summed E-state index contributed by atoms with van der Waals surface area (Å²) >= 11 is 0. The van der Waals surface area contributed by atoms with Crippen LogP contribution in [0.15, 0.2) is 12.2 Å². The van der Waals surface area contributed by atoms with Crippen molar-refractivity contribution in [2.24, 2.45) is 0 Å². The Balaban J connectivity index is 3.14. The summed E-state index contributed by atoms with van der Waals surface area (Å²) in [5.41, 5.74) is 0. The fourth-order valence-electron chi connectivity index (χ4n) is 8.81. The van der Waals surface area contributed by atoms with Gasteiger partial charge in [0.05, 0.1) is 6.61 Å². The number of carboxylic acids is 1. The molecule has 60 heavy (non-hydrogen) atoms. The number of allylic oxidation sites excluding steroid dienone is 2. The van der Waals surface area contributed by atoms with E-state index in [0.29, 0.717) is 19.4 Å². The minimum atomic E-state index is -0.651. The molecule has 0 saturated carbocycles. The Kier molecular flexibility index (Phi) is 52.6. The van der Waals surface area contributed by atoms with E-state index in [1.165, 1.54) is 276 Å². The Morgan fingerprint density at radius 1 is 0.317 bits per heavy atom. The maximum atomic E-state index is 12.0. The van der Waals surface area contributed by atoms with E-state index in [9.17, 15) is 9.59 Å². The van der Waals surface area contributed by atoms with Gasteiger partial charge in [-0.05, 0) is 44.9 Å². The van der Waals surface area contributed by atoms with Crippen molar-refractivity contribution in [1.29, 1.82) is 0 Å². The highest BCUT2D eigenvalue weighted by molar-refractivity contribution is 5.69. The number of carbonyl (C=O) groups excluding carboxylic acids is 1. The zero-order chi connectivity index (χ0) is 43.3. The molecule has 4 heteroatoms. The second-order valence-corrected chi connectivity index (χ2v) is 19.1. The van der Waals surface area contributed by atoms with Gasteiger partial charge in [-0.25, -0.2) is 0 Å². The van der Waals surface area contributed by atoms with Crippen molar-refractivity contribution in [2.45, 2.75) is 328 Å². The van der Waals surface area contributed by atoms with Gasteiger partial charge in [0.1, 0.15) is 0 Å². The fourth-order valence-corrected chi connectivity index (χ4v) is 8.81. The van der Waals surface area contributed by atoms with Gasteiger partial charge in [-0.15, -0.1) is 0 Å². The molecule has 0 aromatic heterocycles. The van der Waals surface area contributed by atoms with Crippen molar-refractivity contribution >= 4 is 11.9 Å². The third-order valence-corrected chi connectivity index (χ3v) is 12.9. The molecule has 4 nitrogen and oxygen atoms in total. The number of esters is 1. The first-order chi connectivity index (χ1) is 29.7. The van der Waals surface area contributed by atoms with Crippen molar-refractivity contribution in [3.63, 3.8) is 0 Å². The Bertz CT molecular complexity index is 852. The number of unbranched alkanes of at least 4 members (excludes halogenated alkanes) is 45. The zero-order valence-electron chi connectivity index (χ0n) is 40.9. The zero-order valence-corrected chi connectivity index (χ0v) is 40.9. The first-order valence-electron chi connectivity index (χ1n) is 27.7. The van der Waals surface area contributed by atoms with Gasteiger partial charge in [0, 0.05) is 12.8 Å². The van der Waals surface area contributed by atoms with Crippen LogP contribution in [0.3, 0.4) is 0 Å². The minimum Gasteiger partial charge on any atom is -0.481 e. The normalized spacial score (nSPS) is 11.6. The lowest BCUT2D eigenvalue weighted by atomic mass is 10.0. The van der Waals surface area contributed by atoms with E-state index in [2.05, 4.69) is 19.1 Å². The molecule has 0 rings (SSSR count). The largest absolute Gasteiger partial charge is 0.481 e. The van der Waals surface area contributed by atoms with E-state index in [1.807, 2.05) is 0 Å². The van der Waals surface area contributed by atoms with Crippen LogP contribution in [0.25, 0.3) is 0 Å². The summed E-state index contributed by atoms with van der Waals surface area (Å²) in [6.45, 7) is 2.90. The number of hydrogen-bond donors (Lipinski definition) is 1. The van der Waals surface area contributed by atoms with Crippen molar-refractivity contribution in [3.05, 3.63) is 12.2 Å². The standard InChI is InChI=1S/C56H108O4/c1-2-3-4-5-6-7-8-9-31-35-38-41-44-47-50-53-56(59)60-54-51-48-45-42-39-36-33-30-28-26-24-22-20-18-16-14-12-10-11-13-15-17-19-21-23-25-27-29-32-34-37-40-43-46-49-52-55(57)58/h9,31H,2-8,10-30,32-54H2,1H3,(H,57,58)/b31-9-. The quantitative estimate of drug-likeness (QED) is 0.0376. The van der Waals surface area contributed by atoms with Crippen LogP contribution in [0.4, 0.5) is 0 Å². The summed E-state index contributed by atoms with van der Waals surface area (Å²) in [7, 11) is 0. The number of rotatable bonds is 53. The summed E-state index contributed by atoms with van der Waals surface area (Å²) in [4.78, 5) is 22.6. The van der Waals surface area contributed by atoms with Crippen LogP contribution in [-0.4, -0.2) is 23.7 Å². The van der Waals surface area contributed by atoms with Gasteiger partial charge in [-0.3, -0.25) is 9.59 Å². The molecule has 356 valence electrons. The van der Waals surface area contributed by atoms with E-state index in [4.69, 9.17) is 9.84 Å². The monoisotopic (exact) mass is 845 g/mol. The molecule has 0 fully saturated rings. The molecular formula is C56H108O4. The molecule has 0 heterocycles. The maximum Gasteiger partial charge on any atom is 0.305 e. The van der Waals surface area contributed by atoms with Crippen LogP contribution >= 0.6 is 0 Å². The van der Waals surface area contributed by atoms with E-state index in [-0.39, 0.29) is 5.97 Å². The molecule has 0 bridgehead atoms. The average molecular weight is 845 g/mol. The molecule has 0 atom stereocenters. The van der Waals surface area contributed by atoms with Gasteiger partial charge >= 0.3 is 11.9 Å². The SMILES string of the molecule is CCCCCCCC/C=C\CCCCCCCC(=O)OCCCCCCCCCCCCCCCCCCCCCCCCCCCCCCCCCCCCCC(=O)O. The molecule has 0 amide bonds. The van der Waals surface area contributed by atoms with E-state index in [0.717, 1.165) is 32.1 Å². The number of hydrogen-bond acceptors (Lipinski definition) is 3. The van der Waals surface area contributed by atoms with Gasteiger partial charge in [0.25, 0.3) is 0 Å². The number of ether oxygens (including phenoxy) is 1. The Hall–Kier alpha value is -1.32. The predicted molar refractivity (Wildman–Crippen MR) is 264 cm³/mol. The number of carbonyl (C=O) groups is 2. The lowest BCUT2D eigenvalue weighted by molar-refractivity contribution is -0.144. The molecule has 0 aliphatic carbocycles. The van der Waals surface area contributed by atoms with Crippen LogP contribution in [0, 0.1) is 0 Å². The molecule has 0 aliphatic rings.